The van der Waals surface area contributed by atoms with E-state index >= 15 is 0 Å². The van der Waals surface area contributed by atoms with Gasteiger partial charge in [-0.15, -0.1) is 0 Å². The maximum Gasteiger partial charge on any atom is 0.241 e. The highest BCUT2D eigenvalue weighted by Crippen LogP contribution is 2.23. The van der Waals surface area contributed by atoms with Crippen LogP contribution in [0.4, 0.5) is 0 Å². The highest BCUT2D eigenvalue weighted by Gasteiger charge is 2.26. The molecule has 0 atom stereocenters. The molecule has 1 amide bonds. The molecule has 196 valence electrons. The van der Waals surface area contributed by atoms with E-state index in [9.17, 15) is 4.79 Å². The molecule has 3 aromatic rings. The highest BCUT2D eigenvalue weighted by molar-refractivity contribution is 9.10. The van der Waals surface area contributed by atoms with Crippen LogP contribution in [0.3, 0.4) is 0 Å². The minimum absolute atomic E-state index is 0.0541. The lowest BCUT2D eigenvalue weighted by Gasteiger charge is -2.30. The molecule has 37 heavy (non-hydrogen) atoms. The van der Waals surface area contributed by atoms with Crippen LogP contribution in [0.25, 0.3) is 11.4 Å². The molecule has 3 heterocycles. The van der Waals surface area contributed by atoms with E-state index in [1.807, 2.05) is 24.3 Å². The van der Waals surface area contributed by atoms with Gasteiger partial charge < -0.3 is 9.84 Å². The van der Waals surface area contributed by atoms with Gasteiger partial charge in [0.2, 0.25) is 17.6 Å². The second-order valence-corrected chi connectivity index (χ2v) is 11.2. The van der Waals surface area contributed by atoms with Crippen molar-refractivity contribution in [3.8, 4) is 11.4 Å². The molecule has 2 saturated heterocycles. The lowest BCUT2D eigenvalue weighted by molar-refractivity contribution is -0.126. The number of halogens is 1. The van der Waals surface area contributed by atoms with Crippen LogP contribution in [-0.2, 0) is 24.4 Å². The van der Waals surface area contributed by atoms with Crippen LogP contribution < -0.4 is 5.32 Å². The first kappa shape index (κ1) is 26.1. The Labute approximate surface area is 227 Å². The largest absolute Gasteiger partial charge is 0.352 e. The fraction of sp³-hybridized carbons (Fsp3) is 0.483. The number of nitrogens with zero attached hydrogens (tertiary/aromatic N) is 4. The van der Waals surface area contributed by atoms with Crippen molar-refractivity contribution in [3.63, 3.8) is 0 Å². The van der Waals surface area contributed by atoms with Crippen molar-refractivity contribution in [1.29, 1.82) is 0 Å². The number of aromatic nitrogens is 2. The molecule has 1 N–H and O–H groups in total. The van der Waals surface area contributed by atoms with E-state index < -0.39 is 0 Å². The molecule has 5 rings (SSSR count). The van der Waals surface area contributed by atoms with Crippen LogP contribution in [-0.4, -0.2) is 52.0 Å². The number of likely N-dealkylation sites (tertiary alicyclic amines) is 2. The lowest BCUT2D eigenvalue weighted by Crippen LogP contribution is -2.40. The lowest BCUT2D eigenvalue weighted by atomic mass is 9.96. The monoisotopic (exact) mass is 565 g/mol. The summed E-state index contributed by atoms with van der Waals surface area (Å²) in [6.07, 6.45) is 7.03. The van der Waals surface area contributed by atoms with Crippen LogP contribution in [0.2, 0.25) is 0 Å². The molecule has 0 spiro atoms. The van der Waals surface area contributed by atoms with Gasteiger partial charge in [0.25, 0.3) is 0 Å². The fourth-order valence-electron chi connectivity index (χ4n) is 5.26. The summed E-state index contributed by atoms with van der Waals surface area (Å²) in [6, 6.07) is 16.6. The molecule has 2 aliphatic heterocycles. The molecule has 1 aromatic heterocycles. The van der Waals surface area contributed by atoms with Gasteiger partial charge in [-0.2, -0.15) is 4.98 Å². The molecule has 2 aromatic carbocycles. The maximum atomic E-state index is 12.8. The number of carbonyl (C=O) groups excluding carboxylic acids is 1. The van der Waals surface area contributed by atoms with Crippen LogP contribution >= 0.6 is 15.9 Å². The number of carbonyl (C=O) groups is 1. The first-order valence-corrected chi connectivity index (χ1v) is 14.3. The van der Waals surface area contributed by atoms with E-state index in [0.29, 0.717) is 24.8 Å². The van der Waals surface area contributed by atoms with E-state index in [-0.39, 0.29) is 11.8 Å². The molecular weight excluding hydrogens is 530 g/mol. The number of rotatable bonds is 8. The smallest absolute Gasteiger partial charge is 0.241 e. The molecule has 2 fully saturated rings. The van der Waals surface area contributed by atoms with Crippen LogP contribution in [0.5, 0.6) is 0 Å². The van der Waals surface area contributed by atoms with Crippen molar-refractivity contribution in [3.05, 3.63) is 70.0 Å². The first-order chi connectivity index (χ1) is 18.1. The third kappa shape index (κ3) is 7.49. The summed E-state index contributed by atoms with van der Waals surface area (Å²) < 4.78 is 6.46. The zero-order valence-corrected chi connectivity index (χ0v) is 23.0. The number of amides is 1. The molecule has 8 heteroatoms. The van der Waals surface area contributed by atoms with Crippen molar-refractivity contribution in [2.45, 2.75) is 58.2 Å². The van der Waals surface area contributed by atoms with Crippen molar-refractivity contribution in [1.82, 2.24) is 25.3 Å². The van der Waals surface area contributed by atoms with E-state index in [4.69, 9.17) is 4.52 Å². The Hall–Kier alpha value is -2.55. The Morgan fingerprint density at radius 2 is 1.62 bits per heavy atom. The van der Waals surface area contributed by atoms with Crippen LogP contribution in [0.15, 0.2) is 57.5 Å². The van der Waals surface area contributed by atoms with Gasteiger partial charge in [-0.1, -0.05) is 70.3 Å². The molecule has 0 unspecified atom stereocenters. The number of nitrogens with one attached hydrogen (secondary N) is 1. The molecule has 0 saturated carbocycles. The summed E-state index contributed by atoms with van der Waals surface area (Å²) >= 11 is 3.48. The van der Waals surface area contributed by atoms with Crippen molar-refractivity contribution < 1.29 is 9.32 Å². The molecule has 0 aliphatic carbocycles. The second-order valence-electron chi connectivity index (χ2n) is 10.3. The van der Waals surface area contributed by atoms with Crippen molar-refractivity contribution >= 4 is 21.8 Å². The first-order valence-electron chi connectivity index (χ1n) is 13.5. The minimum Gasteiger partial charge on any atom is -0.352 e. The average Bonchev–Trinajstić information content (AvgIpc) is 3.23. The van der Waals surface area contributed by atoms with E-state index in [1.54, 1.807) is 0 Å². The van der Waals surface area contributed by atoms with E-state index in [1.165, 1.54) is 44.3 Å². The fourth-order valence-corrected chi connectivity index (χ4v) is 5.66. The van der Waals surface area contributed by atoms with Crippen molar-refractivity contribution in [2.75, 3.05) is 26.2 Å². The van der Waals surface area contributed by atoms with Gasteiger partial charge in [0.1, 0.15) is 0 Å². The number of hydrogen-bond acceptors (Lipinski definition) is 6. The second kappa shape index (κ2) is 12.8. The summed E-state index contributed by atoms with van der Waals surface area (Å²) in [6.45, 7) is 6.33. The SMILES string of the molecule is O=C(NCc1ccc(CN2CCCCCC2)cc1)C1CCN(Cc2nc(-c3cccc(Br)c3)no2)CC1. The van der Waals surface area contributed by atoms with Crippen LogP contribution in [0, 0.1) is 5.92 Å². The summed E-state index contributed by atoms with van der Waals surface area (Å²) in [7, 11) is 0. The normalized spacial score (nSPS) is 18.0. The Kier molecular flexibility index (Phi) is 9.02. The van der Waals surface area contributed by atoms with Gasteiger partial charge in [0, 0.05) is 29.0 Å². The van der Waals surface area contributed by atoms with E-state index in [2.05, 4.69) is 65.5 Å². The quantitative estimate of drug-likeness (QED) is 0.394. The zero-order chi connectivity index (χ0) is 25.5. The van der Waals surface area contributed by atoms with Gasteiger partial charge in [0.05, 0.1) is 6.54 Å². The Morgan fingerprint density at radius 1 is 0.919 bits per heavy atom. The minimum atomic E-state index is 0.0541. The molecule has 2 aliphatic rings. The Bertz CT molecular complexity index is 1150. The molecule has 7 nitrogen and oxygen atoms in total. The topological polar surface area (TPSA) is 74.5 Å². The maximum absolute atomic E-state index is 12.8. The van der Waals surface area contributed by atoms with Gasteiger partial charge >= 0.3 is 0 Å². The van der Waals surface area contributed by atoms with Gasteiger partial charge in [-0.25, -0.2) is 0 Å². The average molecular weight is 567 g/mol. The van der Waals surface area contributed by atoms with Gasteiger partial charge in [-0.05, 0) is 75.1 Å². The van der Waals surface area contributed by atoms with Gasteiger partial charge in [0.15, 0.2) is 0 Å². The zero-order valence-electron chi connectivity index (χ0n) is 21.4. The Balaban J connectivity index is 1.03. The number of piperidine rings is 1. The summed E-state index contributed by atoms with van der Waals surface area (Å²) in [5.74, 6) is 1.42. The third-order valence-corrected chi connectivity index (χ3v) is 7.96. The van der Waals surface area contributed by atoms with Gasteiger partial charge in [-0.3, -0.25) is 14.6 Å². The summed E-state index contributed by atoms with van der Waals surface area (Å²) in [5.41, 5.74) is 3.43. The predicted molar refractivity (Wildman–Crippen MR) is 147 cm³/mol. The van der Waals surface area contributed by atoms with Crippen LogP contribution in [0.1, 0.15) is 55.5 Å². The number of hydrogen-bond donors (Lipinski definition) is 1. The van der Waals surface area contributed by atoms with E-state index in [0.717, 1.165) is 48.1 Å². The predicted octanol–water partition coefficient (Wildman–Crippen LogP) is 5.40. The molecule has 0 radical (unpaired) electrons. The number of benzene rings is 2. The summed E-state index contributed by atoms with van der Waals surface area (Å²) in [5, 5.41) is 7.28. The standard InChI is InChI=1S/C29H36BrN5O2/c30-26-7-5-6-25(18-26)28-32-27(37-33-28)21-35-16-12-24(13-17-35)29(36)31-19-22-8-10-23(11-9-22)20-34-14-3-1-2-4-15-34/h5-11,18,24H,1-4,12-17,19-21H2,(H,31,36). The van der Waals surface area contributed by atoms with Crippen molar-refractivity contribution in [2.24, 2.45) is 5.92 Å². The highest BCUT2D eigenvalue weighted by atomic mass is 79.9. The molecular formula is C29H36BrN5O2. The third-order valence-electron chi connectivity index (χ3n) is 7.46. The Morgan fingerprint density at radius 3 is 2.35 bits per heavy atom. The molecule has 0 bridgehead atoms. The summed E-state index contributed by atoms with van der Waals surface area (Å²) in [4.78, 5) is 22.2.